The normalized spacial score (nSPS) is 25.8. The molecule has 1 aliphatic heterocycles. The van der Waals surface area contributed by atoms with Crippen LogP contribution in [0.4, 0.5) is 0 Å². The minimum Gasteiger partial charge on any atom is -0.393 e. The Hall–Kier alpha value is -0.190. The first-order chi connectivity index (χ1) is 9.01. The summed E-state index contributed by atoms with van der Waals surface area (Å²) in [5.41, 5.74) is 5.90. The van der Waals surface area contributed by atoms with Crippen LogP contribution in [0.3, 0.4) is 0 Å². The summed E-state index contributed by atoms with van der Waals surface area (Å²) in [5, 5.41) is 0. The van der Waals surface area contributed by atoms with Crippen LogP contribution in [0.15, 0.2) is 0 Å². The average molecular weight is 284 g/mol. The van der Waals surface area contributed by atoms with E-state index in [9.17, 15) is 0 Å². The van der Waals surface area contributed by atoms with Gasteiger partial charge in [-0.3, -0.25) is 4.90 Å². The highest BCUT2D eigenvalue weighted by atomic mass is 32.1. The molecule has 4 heteroatoms. The van der Waals surface area contributed by atoms with Crippen molar-refractivity contribution in [2.45, 2.75) is 64.0 Å². The molecule has 0 aromatic heterocycles. The summed E-state index contributed by atoms with van der Waals surface area (Å²) in [7, 11) is 0. The van der Waals surface area contributed by atoms with Crippen molar-refractivity contribution in [2.75, 3.05) is 19.7 Å². The zero-order chi connectivity index (χ0) is 13.9. The molecule has 1 unspecified atom stereocenters. The summed E-state index contributed by atoms with van der Waals surface area (Å²) in [5.74, 6) is 0.687. The van der Waals surface area contributed by atoms with Crippen molar-refractivity contribution < 1.29 is 4.74 Å². The second-order valence-electron chi connectivity index (χ2n) is 6.64. The number of ether oxygens (including phenoxy) is 1. The lowest BCUT2D eigenvalue weighted by Crippen LogP contribution is -2.53. The van der Waals surface area contributed by atoms with E-state index in [4.69, 9.17) is 22.7 Å². The molecule has 0 amide bonds. The van der Waals surface area contributed by atoms with Crippen LogP contribution in [-0.2, 0) is 4.74 Å². The molecule has 1 atom stereocenters. The monoisotopic (exact) mass is 284 g/mol. The lowest BCUT2D eigenvalue weighted by molar-refractivity contribution is -0.149. The van der Waals surface area contributed by atoms with Crippen molar-refractivity contribution in [1.29, 1.82) is 0 Å². The number of nitrogens with two attached hydrogens (primary N) is 1. The van der Waals surface area contributed by atoms with Crippen molar-refractivity contribution in [3.8, 4) is 0 Å². The molecule has 0 aromatic carbocycles. The van der Waals surface area contributed by atoms with Crippen LogP contribution in [0, 0.1) is 5.92 Å². The van der Waals surface area contributed by atoms with Gasteiger partial charge in [0, 0.05) is 32.2 Å². The molecular weight excluding hydrogens is 256 g/mol. The first kappa shape index (κ1) is 15.2. The quantitative estimate of drug-likeness (QED) is 0.761. The van der Waals surface area contributed by atoms with Crippen LogP contribution in [0.1, 0.15) is 52.4 Å². The molecule has 1 saturated carbocycles. The van der Waals surface area contributed by atoms with Crippen molar-refractivity contribution in [3.63, 3.8) is 0 Å². The van der Waals surface area contributed by atoms with Crippen molar-refractivity contribution in [3.05, 3.63) is 0 Å². The van der Waals surface area contributed by atoms with Gasteiger partial charge >= 0.3 is 0 Å². The van der Waals surface area contributed by atoms with E-state index < -0.39 is 0 Å². The molecule has 2 fully saturated rings. The molecule has 2 rings (SSSR count). The third-order valence-corrected chi connectivity index (χ3v) is 4.70. The fourth-order valence-corrected chi connectivity index (χ4v) is 3.47. The Bertz CT molecular complexity index is 315. The number of hydrogen-bond acceptors (Lipinski definition) is 3. The first-order valence-corrected chi connectivity index (χ1v) is 8.08. The Balaban J connectivity index is 1.93. The van der Waals surface area contributed by atoms with E-state index in [2.05, 4.69) is 18.7 Å². The molecule has 1 aliphatic carbocycles. The van der Waals surface area contributed by atoms with E-state index in [0.717, 1.165) is 32.5 Å². The van der Waals surface area contributed by atoms with Crippen LogP contribution in [0.2, 0.25) is 0 Å². The zero-order valence-electron chi connectivity index (χ0n) is 12.4. The molecule has 1 saturated heterocycles. The van der Waals surface area contributed by atoms with E-state index in [0.29, 0.717) is 16.9 Å². The number of rotatable bonds is 6. The molecule has 19 heavy (non-hydrogen) atoms. The molecule has 3 nitrogen and oxygen atoms in total. The Morgan fingerprint density at radius 2 is 2.21 bits per heavy atom. The standard InChI is InChI=1S/C15H28N2OS/c1-12(2)11-17(8-4-14(16)19)13-5-9-18-15(10-13)6-3-7-15/h12-13H,3-11H2,1-2H3,(H2,16,19). The lowest BCUT2D eigenvalue weighted by Gasteiger charge is -2.50. The maximum Gasteiger partial charge on any atom is 0.0740 e. The summed E-state index contributed by atoms with van der Waals surface area (Å²) in [6.07, 6.45) is 7.06. The minimum absolute atomic E-state index is 0.224. The molecule has 0 radical (unpaired) electrons. The second-order valence-corrected chi connectivity index (χ2v) is 7.16. The van der Waals surface area contributed by atoms with E-state index in [1.165, 1.54) is 25.7 Å². The molecule has 2 aliphatic rings. The first-order valence-electron chi connectivity index (χ1n) is 7.67. The highest BCUT2D eigenvalue weighted by Gasteiger charge is 2.43. The van der Waals surface area contributed by atoms with E-state index >= 15 is 0 Å². The number of thiocarbonyl (C=S) groups is 1. The summed E-state index contributed by atoms with van der Waals surface area (Å²) in [6.45, 7) is 7.64. The predicted molar refractivity (Wildman–Crippen MR) is 83.4 cm³/mol. The average Bonchev–Trinajstić information content (AvgIpc) is 2.32. The molecule has 0 aromatic rings. The minimum atomic E-state index is 0.224. The molecule has 1 spiro atoms. The summed E-state index contributed by atoms with van der Waals surface area (Å²) in [4.78, 5) is 3.24. The molecule has 1 heterocycles. The lowest BCUT2D eigenvalue weighted by atomic mass is 9.73. The van der Waals surface area contributed by atoms with E-state index in [1.54, 1.807) is 0 Å². The third-order valence-electron chi connectivity index (χ3n) is 4.49. The highest BCUT2D eigenvalue weighted by molar-refractivity contribution is 7.80. The third kappa shape index (κ3) is 4.14. The summed E-state index contributed by atoms with van der Waals surface area (Å²) >= 11 is 5.03. The van der Waals surface area contributed by atoms with Gasteiger partial charge in [-0.2, -0.15) is 0 Å². The summed E-state index contributed by atoms with van der Waals surface area (Å²) < 4.78 is 6.04. The van der Waals surface area contributed by atoms with Gasteiger partial charge in [0.05, 0.1) is 10.6 Å². The van der Waals surface area contributed by atoms with Crippen LogP contribution >= 0.6 is 12.2 Å². The van der Waals surface area contributed by atoms with Gasteiger partial charge < -0.3 is 10.5 Å². The van der Waals surface area contributed by atoms with Gasteiger partial charge in [0.25, 0.3) is 0 Å². The Morgan fingerprint density at radius 3 is 2.74 bits per heavy atom. The van der Waals surface area contributed by atoms with Gasteiger partial charge in [0.15, 0.2) is 0 Å². The molecule has 0 bridgehead atoms. The highest BCUT2D eigenvalue weighted by Crippen LogP contribution is 2.43. The second kappa shape index (κ2) is 6.51. The van der Waals surface area contributed by atoms with Gasteiger partial charge in [-0.25, -0.2) is 0 Å². The Labute approximate surface area is 122 Å². The van der Waals surface area contributed by atoms with Crippen LogP contribution in [0.5, 0.6) is 0 Å². The topological polar surface area (TPSA) is 38.5 Å². The van der Waals surface area contributed by atoms with Gasteiger partial charge in [0.1, 0.15) is 0 Å². The van der Waals surface area contributed by atoms with Crippen LogP contribution in [-0.4, -0.2) is 41.2 Å². The van der Waals surface area contributed by atoms with Crippen LogP contribution in [0.25, 0.3) is 0 Å². The fourth-order valence-electron chi connectivity index (χ4n) is 3.38. The van der Waals surface area contributed by atoms with Crippen LogP contribution < -0.4 is 5.73 Å². The SMILES string of the molecule is CC(C)CN(CCC(N)=S)C1CCOC2(CCC2)C1. The maximum absolute atomic E-state index is 6.04. The zero-order valence-corrected chi connectivity index (χ0v) is 13.2. The van der Waals surface area contributed by atoms with Gasteiger partial charge in [-0.05, 0) is 38.0 Å². The molecule has 2 N–H and O–H groups in total. The van der Waals surface area contributed by atoms with Crippen molar-refractivity contribution in [1.82, 2.24) is 4.90 Å². The van der Waals surface area contributed by atoms with Gasteiger partial charge in [-0.1, -0.05) is 26.1 Å². The number of nitrogens with zero attached hydrogens (tertiary/aromatic N) is 1. The largest absolute Gasteiger partial charge is 0.393 e. The Kier molecular flexibility index (Phi) is 5.21. The maximum atomic E-state index is 6.04. The van der Waals surface area contributed by atoms with Crippen molar-refractivity contribution >= 4 is 17.2 Å². The molecular formula is C15H28N2OS. The number of hydrogen-bond donors (Lipinski definition) is 1. The Morgan fingerprint density at radius 1 is 1.47 bits per heavy atom. The molecule has 110 valence electrons. The smallest absolute Gasteiger partial charge is 0.0740 e. The fraction of sp³-hybridized carbons (Fsp3) is 0.933. The van der Waals surface area contributed by atoms with Gasteiger partial charge in [0.2, 0.25) is 0 Å². The van der Waals surface area contributed by atoms with Gasteiger partial charge in [-0.15, -0.1) is 0 Å². The van der Waals surface area contributed by atoms with E-state index in [1.807, 2.05) is 0 Å². The summed E-state index contributed by atoms with van der Waals surface area (Å²) in [6, 6.07) is 0.658. The van der Waals surface area contributed by atoms with E-state index in [-0.39, 0.29) is 5.60 Å². The van der Waals surface area contributed by atoms with Crippen molar-refractivity contribution in [2.24, 2.45) is 11.7 Å². The predicted octanol–water partition coefficient (Wildman–Crippen LogP) is 2.72.